The molecule has 0 aliphatic carbocycles. The molecule has 3 saturated heterocycles. The van der Waals surface area contributed by atoms with Crippen molar-refractivity contribution in [3.05, 3.63) is 0 Å². The number of carbonyl (C=O) groups is 1. The second kappa shape index (κ2) is 2.92. The predicted octanol–water partition coefficient (Wildman–Crippen LogP) is -0.702. The highest BCUT2D eigenvalue weighted by Gasteiger charge is 2.56. The number of carbonyl (C=O) groups excluding carboxylic acids is 1. The smallest absolute Gasteiger partial charge is 0.313 e. The molecule has 0 radical (unpaired) electrons. The lowest BCUT2D eigenvalue weighted by Crippen LogP contribution is -2.36. The number of hydroxylamine groups is 2. The number of cyclic esters (lactones) is 1. The quantitative estimate of drug-likeness (QED) is 0.566. The molecule has 0 amide bonds. The third kappa shape index (κ3) is 0.973. The monoisotopic (exact) mass is 199 g/mol. The summed E-state index contributed by atoms with van der Waals surface area (Å²) in [6, 6.07) is 0.200. The molecule has 0 aromatic rings. The molecule has 5 nitrogen and oxygen atoms in total. The molecule has 3 aliphatic rings. The summed E-state index contributed by atoms with van der Waals surface area (Å²) in [5, 5.41) is 10.9. The van der Waals surface area contributed by atoms with E-state index in [0.29, 0.717) is 6.61 Å². The van der Waals surface area contributed by atoms with Crippen LogP contribution in [0.4, 0.5) is 0 Å². The zero-order chi connectivity index (χ0) is 9.71. The largest absolute Gasteiger partial charge is 0.462 e. The van der Waals surface area contributed by atoms with Crippen LogP contribution in [0.5, 0.6) is 0 Å². The molecule has 0 unspecified atom stereocenters. The fourth-order valence-electron chi connectivity index (χ4n) is 2.74. The van der Waals surface area contributed by atoms with Gasteiger partial charge >= 0.3 is 5.97 Å². The molecule has 0 saturated carbocycles. The van der Waals surface area contributed by atoms with Crippen molar-refractivity contribution in [3.63, 3.8) is 0 Å². The Morgan fingerprint density at radius 3 is 3.14 bits per heavy atom. The highest BCUT2D eigenvalue weighted by Crippen LogP contribution is 2.41. The Labute approximate surface area is 81.5 Å². The van der Waals surface area contributed by atoms with Gasteiger partial charge in [-0.1, -0.05) is 0 Å². The van der Waals surface area contributed by atoms with Crippen molar-refractivity contribution in [2.24, 2.45) is 5.92 Å². The molecule has 3 rings (SSSR count). The number of hydrogen-bond acceptors (Lipinski definition) is 5. The normalized spacial score (nSPS) is 46.5. The maximum atomic E-state index is 11.4. The second-order valence-electron chi connectivity index (χ2n) is 4.14. The van der Waals surface area contributed by atoms with Crippen LogP contribution in [-0.4, -0.2) is 47.5 Å². The number of ether oxygens (including phenoxy) is 1. The lowest BCUT2D eigenvalue weighted by Gasteiger charge is -2.21. The molecular weight excluding hydrogens is 186 g/mol. The van der Waals surface area contributed by atoms with Gasteiger partial charge in [0.25, 0.3) is 0 Å². The first-order chi connectivity index (χ1) is 6.81. The van der Waals surface area contributed by atoms with Crippen molar-refractivity contribution in [1.82, 2.24) is 5.06 Å². The predicted molar refractivity (Wildman–Crippen MR) is 45.1 cm³/mol. The van der Waals surface area contributed by atoms with E-state index >= 15 is 0 Å². The Balaban J connectivity index is 1.83. The van der Waals surface area contributed by atoms with Crippen LogP contribution in [0.1, 0.15) is 12.8 Å². The van der Waals surface area contributed by atoms with Crippen molar-refractivity contribution in [2.75, 3.05) is 13.2 Å². The fraction of sp³-hybridized carbons (Fsp3) is 0.889. The zero-order valence-electron chi connectivity index (χ0n) is 7.76. The van der Waals surface area contributed by atoms with Gasteiger partial charge in [0.05, 0.1) is 18.7 Å². The summed E-state index contributed by atoms with van der Waals surface area (Å²) in [7, 11) is 0. The van der Waals surface area contributed by atoms with Crippen LogP contribution in [0.25, 0.3) is 0 Å². The van der Waals surface area contributed by atoms with Crippen LogP contribution in [-0.2, 0) is 14.4 Å². The van der Waals surface area contributed by atoms with Gasteiger partial charge in [0.2, 0.25) is 0 Å². The minimum Gasteiger partial charge on any atom is -0.462 e. The molecule has 5 heteroatoms. The number of hydrogen-bond donors (Lipinski definition) is 1. The van der Waals surface area contributed by atoms with Crippen molar-refractivity contribution in [3.8, 4) is 0 Å². The van der Waals surface area contributed by atoms with Crippen LogP contribution >= 0.6 is 0 Å². The van der Waals surface area contributed by atoms with Gasteiger partial charge in [-0.05, 0) is 12.8 Å². The molecule has 0 aromatic heterocycles. The molecule has 78 valence electrons. The summed E-state index contributed by atoms with van der Waals surface area (Å²) < 4.78 is 4.94. The van der Waals surface area contributed by atoms with Gasteiger partial charge in [0, 0.05) is 0 Å². The van der Waals surface area contributed by atoms with Gasteiger partial charge < -0.3 is 9.84 Å². The number of aliphatic hydroxyl groups is 1. The maximum Gasteiger partial charge on any atom is 0.313 e. The molecule has 0 spiro atoms. The van der Waals surface area contributed by atoms with Crippen LogP contribution in [0.3, 0.4) is 0 Å². The van der Waals surface area contributed by atoms with E-state index < -0.39 is 0 Å². The molecule has 14 heavy (non-hydrogen) atoms. The van der Waals surface area contributed by atoms with Crippen molar-refractivity contribution in [2.45, 2.75) is 31.0 Å². The molecule has 0 bridgehead atoms. The molecule has 0 aromatic carbocycles. The maximum absolute atomic E-state index is 11.4. The van der Waals surface area contributed by atoms with Gasteiger partial charge in [0.1, 0.15) is 18.6 Å². The summed E-state index contributed by atoms with van der Waals surface area (Å²) in [6.07, 6.45) is 1.71. The van der Waals surface area contributed by atoms with Crippen molar-refractivity contribution in [1.29, 1.82) is 0 Å². The average Bonchev–Trinajstić information content (AvgIpc) is 2.77. The minimum absolute atomic E-state index is 0.0680. The average molecular weight is 199 g/mol. The Bertz CT molecular complexity index is 270. The zero-order valence-corrected chi connectivity index (χ0v) is 7.76. The van der Waals surface area contributed by atoms with Crippen LogP contribution < -0.4 is 0 Å². The Morgan fingerprint density at radius 2 is 2.36 bits per heavy atom. The van der Waals surface area contributed by atoms with Gasteiger partial charge in [-0.25, -0.2) is 0 Å². The first-order valence-corrected chi connectivity index (χ1v) is 5.04. The number of nitrogens with zero attached hydrogens (tertiary/aromatic N) is 1. The Morgan fingerprint density at radius 1 is 1.50 bits per heavy atom. The van der Waals surface area contributed by atoms with Crippen LogP contribution in [0.15, 0.2) is 0 Å². The summed E-state index contributed by atoms with van der Waals surface area (Å²) in [4.78, 5) is 17.0. The number of rotatable bonds is 1. The van der Waals surface area contributed by atoms with Crippen LogP contribution in [0.2, 0.25) is 0 Å². The highest BCUT2D eigenvalue weighted by atomic mass is 16.7. The van der Waals surface area contributed by atoms with Gasteiger partial charge in [-0.3, -0.25) is 9.63 Å². The first kappa shape index (κ1) is 8.64. The third-order valence-electron chi connectivity index (χ3n) is 3.43. The molecule has 3 aliphatic heterocycles. The summed E-state index contributed by atoms with van der Waals surface area (Å²) >= 11 is 0. The van der Waals surface area contributed by atoms with E-state index in [-0.39, 0.29) is 36.7 Å². The van der Waals surface area contributed by atoms with E-state index in [1.165, 1.54) is 0 Å². The summed E-state index contributed by atoms with van der Waals surface area (Å²) in [5.74, 6) is -0.257. The lowest BCUT2D eigenvalue weighted by molar-refractivity contribution is -0.186. The summed E-state index contributed by atoms with van der Waals surface area (Å²) in [6.45, 7) is 0.472. The van der Waals surface area contributed by atoms with E-state index in [2.05, 4.69) is 0 Å². The van der Waals surface area contributed by atoms with E-state index in [9.17, 15) is 4.79 Å². The molecular formula is C9H13NO4. The number of aliphatic hydroxyl groups excluding tert-OH is 1. The molecule has 3 heterocycles. The van der Waals surface area contributed by atoms with E-state index in [4.69, 9.17) is 14.7 Å². The van der Waals surface area contributed by atoms with Crippen molar-refractivity contribution >= 4 is 5.97 Å². The SMILES string of the molecule is O=C1OC[C@@H]2ON3[C@H](CO)CC[C@H]3[C@H]12. The van der Waals surface area contributed by atoms with Gasteiger partial charge in [0.15, 0.2) is 0 Å². The third-order valence-corrected chi connectivity index (χ3v) is 3.43. The molecule has 3 fully saturated rings. The molecule has 1 N–H and O–H groups in total. The Hall–Kier alpha value is -0.650. The Kier molecular flexibility index (Phi) is 1.80. The minimum atomic E-state index is -0.138. The van der Waals surface area contributed by atoms with E-state index in [1.54, 1.807) is 0 Å². The fourth-order valence-corrected chi connectivity index (χ4v) is 2.74. The second-order valence-corrected chi connectivity index (χ2v) is 4.14. The number of esters is 1. The highest BCUT2D eigenvalue weighted by molar-refractivity contribution is 5.76. The number of fused-ring (bicyclic) bond motifs is 3. The topological polar surface area (TPSA) is 59.0 Å². The standard InChI is InChI=1S/C9H13NO4/c11-3-5-1-2-6-8-7(14-10(5)6)4-13-9(8)12/h5-8,11H,1-4H2/t5-,6-,7-,8-/m0/s1. The van der Waals surface area contributed by atoms with E-state index in [0.717, 1.165) is 12.8 Å². The van der Waals surface area contributed by atoms with Gasteiger partial charge in [-0.15, -0.1) is 0 Å². The molecule has 4 atom stereocenters. The lowest BCUT2D eigenvalue weighted by atomic mass is 9.96. The summed E-state index contributed by atoms with van der Waals surface area (Å²) in [5.41, 5.74) is 0. The first-order valence-electron chi connectivity index (χ1n) is 5.04. The van der Waals surface area contributed by atoms with E-state index in [1.807, 2.05) is 5.06 Å². The van der Waals surface area contributed by atoms with Crippen molar-refractivity contribution < 1.29 is 19.5 Å². The van der Waals surface area contributed by atoms with Gasteiger partial charge in [-0.2, -0.15) is 5.06 Å². The van der Waals surface area contributed by atoms with Crippen LogP contribution in [0, 0.1) is 5.92 Å².